The van der Waals surface area contributed by atoms with E-state index in [4.69, 9.17) is 0 Å². The van der Waals surface area contributed by atoms with E-state index in [1.54, 1.807) is 18.3 Å². The minimum Gasteiger partial charge on any atom is -0.360 e. The number of Topliss-reactive ketones (excluding diaryl/α,β-unsaturated/α-hetero) is 1. The zero-order valence-electron chi connectivity index (χ0n) is 11.1. The van der Waals surface area contributed by atoms with Gasteiger partial charge in [0.25, 0.3) is 0 Å². The molecular formula is C16H18FNO. The molecule has 3 rings (SSSR count). The molecule has 0 bridgehead atoms. The van der Waals surface area contributed by atoms with E-state index in [2.05, 4.69) is 4.98 Å². The zero-order valence-corrected chi connectivity index (χ0v) is 11.1. The lowest BCUT2D eigenvalue weighted by Crippen LogP contribution is -2.30. The molecule has 100 valence electrons. The van der Waals surface area contributed by atoms with Crippen LogP contribution in [0.2, 0.25) is 0 Å². The smallest absolute Gasteiger partial charge is 0.170 e. The average Bonchev–Trinajstić information content (AvgIpc) is 2.84. The van der Waals surface area contributed by atoms with Crippen molar-refractivity contribution in [2.75, 3.05) is 0 Å². The SMILES string of the molecule is CC1(C(=O)c2c[nH]c3cccc(F)c23)CCCCC1. The van der Waals surface area contributed by atoms with Gasteiger partial charge in [0.15, 0.2) is 5.78 Å². The van der Waals surface area contributed by atoms with Gasteiger partial charge in [0.2, 0.25) is 0 Å². The van der Waals surface area contributed by atoms with Gasteiger partial charge in [0, 0.05) is 28.1 Å². The third-order valence-electron chi connectivity index (χ3n) is 4.40. The number of fused-ring (bicyclic) bond motifs is 1. The van der Waals surface area contributed by atoms with Crippen molar-refractivity contribution < 1.29 is 9.18 Å². The van der Waals surface area contributed by atoms with Crippen molar-refractivity contribution in [1.29, 1.82) is 0 Å². The normalized spacial score (nSPS) is 18.6. The molecule has 3 heteroatoms. The summed E-state index contributed by atoms with van der Waals surface area (Å²) in [4.78, 5) is 15.8. The van der Waals surface area contributed by atoms with E-state index in [0.717, 1.165) is 25.7 Å². The molecule has 0 spiro atoms. The molecule has 1 aliphatic carbocycles. The van der Waals surface area contributed by atoms with Crippen LogP contribution in [0.1, 0.15) is 49.4 Å². The first kappa shape index (κ1) is 12.4. The second-order valence-electron chi connectivity index (χ2n) is 5.82. The fourth-order valence-corrected chi connectivity index (χ4v) is 3.20. The summed E-state index contributed by atoms with van der Waals surface area (Å²) in [5.41, 5.74) is 0.885. The van der Waals surface area contributed by atoms with Gasteiger partial charge in [-0.3, -0.25) is 4.79 Å². The van der Waals surface area contributed by atoms with E-state index >= 15 is 0 Å². The lowest BCUT2D eigenvalue weighted by Gasteiger charge is -2.31. The number of carbonyl (C=O) groups is 1. The number of hydrogen-bond acceptors (Lipinski definition) is 1. The van der Waals surface area contributed by atoms with E-state index < -0.39 is 0 Å². The maximum absolute atomic E-state index is 14.0. The van der Waals surface area contributed by atoms with Crippen molar-refractivity contribution in [2.45, 2.75) is 39.0 Å². The average molecular weight is 259 g/mol. The van der Waals surface area contributed by atoms with E-state index in [-0.39, 0.29) is 17.0 Å². The number of nitrogens with one attached hydrogen (secondary N) is 1. The van der Waals surface area contributed by atoms with Crippen LogP contribution in [0.4, 0.5) is 4.39 Å². The van der Waals surface area contributed by atoms with Gasteiger partial charge in [-0.25, -0.2) is 4.39 Å². The molecule has 0 atom stereocenters. The predicted molar refractivity (Wildman–Crippen MR) is 73.8 cm³/mol. The Balaban J connectivity index is 2.07. The summed E-state index contributed by atoms with van der Waals surface area (Å²) in [6.07, 6.45) is 6.86. The van der Waals surface area contributed by atoms with Crippen molar-refractivity contribution in [3.63, 3.8) is 0 Å². The molecule has 1 heterocycles. The number of ketones is 1. The van der Waals surface area contributed by atoms with Gasteiger partial charge < -0.3 is 4.98 Å². The highest BCUT2D eigenvalue weighted by molar-refractivity contribution is 6.10. The van der Waals surface area contributed by atoms with E-state index in [0.29, 0.717) is 16.5 Å². The Labute approximate surface area is 112 Å². The topological polar surface area (TPSA) is 32.9 Å². The Hall–Kier alpha value is -1.64. The van der Waals surface area contributed by atoms with Gasteiger partial charge in [-0.2, -0.15) is 0 Å². The van der Waals surface area contributed by atoms with Crippen LogP contribution in [0.5, 0.6) is 0 Å². The van der Waals surface area contributed by atoms with Crippen LogP contribution in [0.3, 0.4) is 0 Å². The third kappa shape index (κ3) is 1.97. The summed E-state index contributed by atoms with van der Waals surface area (Å²) < 4.78 is 14.0. The number of H-pyrrole nitrogens is 1. The molecule has 19 heavy (non-hydrogen) atoms. The lowest BCUT2D eigenvalue weighted by atomic mass is 9.71. The van der Waals surface area contributed by atoms with Crippen molar-refractivity contribution in [2.24, 2.45) is 5.41 Å². The van der Waals surface area contributed by atoms with Crippen molar-refractivity contribution in [3.8, 4) is 0 Å². The highest BCUT2D eigenvalue weighted by atomic mass is 19.1. The zero-order chi connectivity index (χ0) is 13.5. The molecule has 1 aromatic carbocycles. The summed E-state index contributed by atoms with van der Waals surface area (Å²) in [5.74, 6) is -0.231. The minimum absolute atomic E-state index is 0.0866. The molecule has 1 fully saturated rings. The van der Waals surface area contributed by atoms with Gasteiger partial charge in [0.05, 0.1) is 0 Å². The molecule has 1 aliphatic rings. The summed E-state index contributed by atoms with van der Waals surface area (Å²) in [5, 5.41) is 0.444. The van der Waals surface area contributed by atoms with Crippen LogP contribution in [-0.4, -0.2) is 10.8 Å². The Kier molecular flexibility index (Phi) is 2.92. The number of benzene rings is 1. The second kappa shape index (κ2) is 4.48. The number of hydrogen-bond donors (Lipinski definition) is 1. The standard InChI is InChI=1S/C16H18FNO/c1-16(8-3-2-4-9-16)15(19)11-10-18-13-7-5-6-12(17)14(11)13/h5-7,10,18H,2-4,8-9H2,1H3. The van der Waals surface area contributed by atoms with Gasteiger partial charge in [-0.15, -0.1) is 0 Å². The number of rotatable bonds is 2. The Bertz CT molecular complexity index is 623. The van der Waals surface area contributed by atoms with Gasteiger partial charge in [-0.1, -0.05) is 32.3 Å². The molecule has 0 aliphatic heterocycles. The van der Waals surface area contributed by atoms with Crippen molar-refractivity contribution in [3.05, 3.63) is 35.8 Å². The van der Waals surface area contributed by atoms with Crippen LogP contribution < -0.4 is 0 Å². The number of halogens is 1. The van der Waals surface area contributed by atoms with E-state index in [1.807, 2.05) is 6.92 Å². The Morgan fingerprint density at radius 3 is 2.74 bits per heavy atom. The number of aromatic nitrogens is 1. The van der Waals surface area contributed by atoms with Crippen LogP contribution in [-0.2, 0) is 0 Å². The largest absolute Gasteiger partial charge is 0.360 e. The fraction of sp³-hybridized carbons (Fsp3) is 0.438. The Morgan fingerprint density at radius 2 is 2.00 bits per heavy atom. The third-order valence-corrected chi connectivity index (χ3v) is 4.40. The highest BCUT2D eigenvalue weighted by Crippen LogP contribution is 2.40. The van der Waals surface area contributed by atoms with Crippen molar-refractivity contribution in [1.82, 2.24) is 4.98 Å². The van der Waals surface area contributed by atoms with Gasteiger partial charge >= 0.3 is 0 Å². The van der Waals surface area contributed by atoms with E-state index in [1.165, 1.54) is 12.5 Å². The first-order valence-electron chi connectivity index (χ1n) is 6.92. The number of aromatic amines is 1. The molecule has 1 N–H and O–H groups in total. The lowest BCUT2D eigenvalue weighted by molar-refractivity contribution is 0.0751. The molecule has 2 aromatic rings. The van der Waals surface area contributed by atoms with E-state index in [9.17, 15) is 9.18 Å². The molecule has 1 saturated carbocycles. The monoisotopic (exact) mass is 259 g/mol. The second-order valence-corrected chi connectivity index (χ2v) is 5.82. The van der Waals surface area contributed by atoms with Crippen LogP contribution in [0.15, 0.2) is 24.4 Å². The maximum Gasteiger partial charge on any atom is 0.170 e. The van der Waals surface area contributed by atoms with Crippen molar-refractivity contribution >= 4 is 16.7 Å². The minimum atomic E-state index is -0.324. The van der Waals surface area contributed by atoms with Crippen LogP contribution in [0, 0.1) is 11.2 Å². The summed E-state index contributed by atoms with van der Waals surface area (Å²) in [7, 11) is 0. The predicted octanol–water partition coefficient (Wildman–Crippen LogP) is 4.46. The summed E-state index contributed by atoms with van der Waals surface area (Å²) >= 11 is 0. The molecule has 0 radical (unpaired) electrons. The molecule has 2 nitrogen and oxygen atoms in total. The molecular weight excluding hydrogens is 241 g/mol. The molecule has 0 unspecified atom stereocenters. The highest BCUT2D eigenvalue weighted by Gasteiger charge is 2.36. The maximum atomic E-state index is 14.0. The molecule has 0 saturated heterocycles. The van der Waals surface area contributed by atoms with Gasteiger partial charge in [-0.05, 0) is 25.0 Å². The fourth-order valence-electron chi connectivity index (χ4n) is 3.20. The Morgan fingerprint density at radius 1 is 1.26 bits per heavy atom. The summed E-state index contributed by atoms with van der Waals surface area (Å²) in [6.45, 7) is 2.02. The van der Waals surface area contributed by atoms with Crippen LogP contribution in [0.25, 0.3) is 10.9 Å². The van der Waals surface area contributed by atoms with Crippen LogP contribution >= 0.6 is 0 Å². The summed E-state index contributed by atoms with van der Waals surface area (Å²) in [6, 6.07) is 4.87. The first-order valence-corrected chi connectivity index (χ1v) is 6.92. The molecule has 0 amide bonds. The molecule has 1 aromatic heterocycles. The number of carbonyl (C=O) groups excluding carboxylic acids is 1. The quantitative estimate of drug-likeness (QED) is 0.793. The van der Waals surface area contributed by atoms with Gasteiger partial charge in [0.1, 0.15) is 5.82 Å². The first-order chi connectivity index (χ1) is 9.12.